The number of para-hydroxylation sites is 1. The van der Waals surface area contributed by atoms with Gasteiger partial charge >= 0.3 is 0 Å². The molecule has 0 bridgehead atoms. The van der Waals surface area contributed by atoms with Crippen molar-refractivity contribution in [3.8, 4) is 11.4 Å². The molecule has 1 aromatic heterocycles. The number of aromatic nitrogens is 2. The first kappa shape index (κ1) is 37.8. The normalized spacial score (nSPS) is 11.1. The van der Waals surface area contributed by atoms with Gasteiger partial charge in [-0.05, 0) is 72.7 Å². The molecule has 0 aliphatic carbocycles. The Morgan fingerprint density at radius 2 is 1.72 bits per heavy atom. The number of aldehydes is 1. The molecule has 1 heterocycles. The number of nitrogens with zero attached hydrogens (tertiary/aromatic N) is 3. The molecule has 0 saturated heterocycles. The molecule has 0 aliphatic rings. The second-order valence-corrected chi connectivity index (χ2v) is 12.6. The Balaban J connectivity index is 0.000000241. The molecule has 4 rings (SSSR count). The number of methoxy groups -OCH3 is 1. The summed E-state index contributed by atoms with van der Waals surface area (Å²) in [5.74, 6) is 7.14. The molecule has 0 fully saturated rings. The smallest absolute Gasteiger partial charge is 0.165 e. The summed E-state index contributed by atoms with van der Waals surface area (Å²) in [7, 11) is 3.60. The van der Waals surface area contributed by atoms with E-state index in [9.17, 15) is 4.79 Å². The van der Waals surface area contributed by atoms with Gasteiger partial charge in [0, 0.05) is 42.7 Å². The van der Waals surface area contributed by atoms with E-state index >= 15 is 0 Å². The zero-order chi connectivity index (χ0) is 34.4. The molecule has 3 aromatic carbocycles. The number of carbonyl (C=O) groups is 1. The summed E-state index contributed by atoms with van der Waals surface area (Å²) in [5, 5.41) is 8.92. The lowest BCUT2D eigenvalue weighted by Gasteiger charge is -2.23. The van der Waals surface area contributed by atoms with E-state index in [1.165, 1.54) is 16.3 Å². The molecule has 0 saturated carbocycles. The standard InChI is InChI=1S/C13H22N2OS.C12H14N2.C11H15N3O/c1-13(2,3)9-7-10(14-4)12(16-5)11(8-9)15-17-6;1-10(2)12-8-9-13-14(12)11-6-4-3-5-7-11;1-8-3-4-10(7-15)5-11(8)14(13)6-9(2)12/h7-8,14-15H,1-6H3;3-10H,1-2H3;3-7H,12-13H2,1-2H3/b;;9-6-. The summed E-state index contributed by atoms with van der Waals surface area (Å²) in [6.07, 6.45) is 6.25. The summed E-state index contributed by atoms with van der Waals surface area (Å²) in [4.78, 5) is 10.6. The van der Waals surface area contributed by atoms with Crippen LogP contribution in [0.5, 0.6) is 5.75 Å². The number of ether oxygens (including phenoxy) is 1. The van der Waals surface area contributed by atoms with Crippen LogP contribution in [0.25, 0.3) is 5.69 Å². The SMILES string of the molecule is C/C(N)=C/N(N)c1cc(C=O)ccc1C.CC(C)c1ccnn1-c1ccccc1.CNc1cc(C(C)(C)C)cc(NSC)c1OC. The van der Waals surface area contributed by atoms with Crippen molar-refractivity contribution in [2.75, 3.05) is 35.5 Å². The number of rotatable bonds is 9. The molecule has 10 heteroatoms. The van der Waals surface area contributed by atoms with Crippen molar-refractivity contribution in [2.45, 2.75) is 59.8 Å². The Labute approximate surface area is 279 Å². The van der Waals surface area contributed by atoms with Crippen LogP contribution in [0.15, 0.2) is 84.8 Å². The van der Waals surface area contributed by atoms with Crippen LogP contribution in [0, 0.1) is 6.92 Å². The van der Waals surface area contributed by atoms with Gasteiger partial charge in [0.2, 0.25) is 0 Å². The zero-order valence-corrected chi connectivity index (χ0v) is 29.7. The Bertz CT molecular complexity index is 1560. The first-order valence-electron chi connectivity index (χ1n) is 15.1. The monoisotopic (exact) mass is 645 g/mol. The third-order valence-electron chi connectivity index (χ3n) is 6.89. The molecule has 248 valence electrons. The van der Waals surface area contributed by atoms with Crippen molar-refractivity contribution in [3.05, 3.63) is 107 Å². The van der Waals surface area contributed by atoms with Crippen LogP contribution in [0.3, 0.4) is 0 Å². The lowest BCUT2D eigenvalue weighted by atomic mass is 9.86. The van der Waals surface area contributed by atoms with Gasteiger partial charge in [-0.3, -0.25) is 9.80 Å². The molecule has 0 aliphatic heterocycles. The number of carbonyl (C=O) groups excluding carboxylic acids is 1. The average Bonchev–Trinajstić information content (AvgIpc) is 3.52. The molecule has 0 atom stereocenters. The van der Waals surface area contributed by atoms with Crippen LogP contribution in [-0.2, 0) is 5.41 Å². The average molecular weight is 646 g/mol. The maximum absolute atomic E-state index is 10.6. The highest BCUT2D eigenvalue weighted by molar-refractivity contribution is 7.99. The quantitative estimate of drug-likeness (QED) is 0.0620. The summed E-state index contributed by atoms with van der Waals surface area (Å²) < 4.78 is 10.7. The van der Waals surface area contributed by atoms with E-state index in [-0.39, 0.29) is 5.41 Å². The van der Waals surface area contributed by atoms with Gasteiger partial charge < -0.3 is 20.5 Å². The Hall–Kier alpha value is -4.41. The van der Waals surface area contributed by atoms with E-state index in [0.29, 0.717) is 17.2 Å². The van der Waals surface area contributed by atoms with E-state index in [1.54, 1.807) is 44.3 Å². The predicted octanol–water partition coefficient (Wildman–Crippen LogP) is 8.03. The molecular formula is C36H51N7O2S. The van der Waals surface area contributed by atoms with E-state index in [1.807, 2.05) is 55.4 Å². The molecule has 4 aromatic rings. The van der Waals surface area contributed by atoms with E-state index < -0.39 is 0 Å². The topological polar surface area (TPSA) is 123 Å². The fourth-order valence-corrected chi connectivity index (χ4v) is 4.83. The van der Waals surface area contributed by atoms with Crippen molar-refractivity contribution in [2.24, 2.45) is 11.6 Å². The second kappa shape index (κ2) is 17.9. The van der Waals surface area contributed by atoms with Gasteiger partial charge in [0.1, 0.15) is 6.29 Å². The fraction of sp³-hybridized carbons (Fsp3) is 0.333. The van der Waals surface area contributed by atoms with Crippen LogP contribution in [0.4, 0.5) is 17.1 Å². The third kappa shape index (κ3) is 10.9. The van der Waals surface area contributed by atoms with Crippen molar-refractivity contribution < 1.29 is 9.53 Å². The van der Waals surface area contributed by atoms with Gasteiger partial charge in [-0.15, -0.1) is 0 Å². The molecule has 6 N–H and O–H groups in total. The molecular weight excluding hydrogens is 595 g/mol. The number of allylic oxidation sites excluding steroid dienone is 1. The van der Waals surface area contributed by atoms with Crippen LogP contribution >= 0.6 is 11.9 Å². The largest absolute Gasteiger partial charge is 0.492 e. The first-order valence-corrected chi connectivity index (χ1v) is 16.3. The Morgan fingerprint density at radius 1 is 1.07 bits per heavy atom. The number of hydrogen-bond acceptors (Lipinski definition) is 9. The van der Waals surface area contributed by atoms with Gasteiger partial charge in [-0.2, -0.15) is 5.10 Å². The van der Waals surface area contributed by atoms with Crippen molar-refractivity contribution in [1.29, 1.82) is 0 Å². The summed E-state index contributed by atoms with van der Waals surface area (Å²) in [6.45, 7) is 14.6. The first-order chi connectivity index (χ1) is 21.8. The zero-order valence-electron chi connectivity index (χ0n) is 28.9. The lowest BCUT2D eigenvalue weighted by molar-refractivity contribution is 0.112. The summed E-state index contributed by atoms with van der Waals surface area (Å²) >= 11 is 1.57. The van der Waals surface area contributed by atoms with Crippen LogP contribution in [0.1, 0.15) is 74.6 Å². The van der Waals surface area contributed by atoms with Crippen LogP contribution < -0.4 is 31.4 Å². The fourth-order valence-electron chi connectivity index (χ4n) is 4.46. The minimum absolute atomic E-state index is 0.118. The van der Waals surface area contributed by atoms with Gasteiger partial charge in [0.05, 0.1) is 29.9 Å². The highest BCUT2D eigenvalue weighted by Crippen LogP contribution is 2.39. The van der Waals surface area contributed by atoms with Gasteiger partial charge in [-0.25, -0.2) is 10.5 Å². The van der Waals surface area contributed by atoms with E-state index in [2.05, 4.69) is 80.1 Å². The number of benzene rings is 3. The third-order valence-corrected chi connectivity index (χ3v) is 7.32. The highest BCUT2D eigenvalue weighted by Gasteiger charge is 2.19. The van der Waals surface area contributed by atoms with Crippen molar-refractivity contribution >= 4 is 35.3 Å². The number of hydrogen-bond donors (Lipinski definition) is 4. The van der Waals surface area contributed by atoms with Crippen molar-refractivity contribution in [3.63, 3.8) is 0 Å². The van der Waals surface area contributed by atoms with Crippen molar-refractivity contribution in [1.82, 2.24) is 9.78 Å². The number of nitrogens with two attached hydrogens (primary N) is 2. The van der Waals surface area contributed by atoms with Crippen LogP contribution in [-0.4, -0.2) is 36.5 Å². The maximum Gasteiger partial charge on any atom is 0.165 e. The maximum atomic E-state index is 10.6. The minimum Gasteiger partial charge on any atom is -0.492 e. The number of aryl methyl sites for hydroxylation is 1. The van der Waals surface area contributed by atoms with Gasteiger partial charge in [0.15, 0.2) is 5.75 Å². The Morgan fingerprint density at radius 3 is 2.24 bits per heavy atom. The summed E-state index contributed by atoms with van der Waals surface area (Å²) in [5.41, 5.74) is 14.3. The molecule has 0 radical (unpaired) electrons. The minimum atomic E-state index is 0.118. The Kier molecular flexibility index (Phi) is 14.7. The summed E-state index contributed by atoms with van der Waals surface area (Å²) in [6, 6.07) is 21.9. The number of nitrogens with one attached hydrogen (secondary N) is 2. The molecule has 9 nitrogen and oxygen atoms in total. The van der Waals surface area contributed by atoms with E-state index in [4.69, 9.17) is 16.3 Å². The van der Waals surface area contributed by atoms with Gasteiger partial charge in [-0.1, -0.05) is 76.9 Å². The highest BCUT2D eigenvalue weighted by atomic mass is 32.2. The predicted molar refractivity (Wildman–Crippen MR) is 197 cm³/mol. The van der Waals surface area contributed by atoms with Crippen LogP contribution in [0.2, 0.25) is 0 Å². The molecule has 0 unspecified atom stereocenters. The molecule has 0 amide bonds. The second-order valence-electron chi connectivity index (χ2n) is 12.0. The lowest BCUT2D eigenvalue weighted by Crippen LogP contribution is -2.26. The molecule has 46 heavy (non-hydrogen) atoms. The number of hydrazine groups is 1. The van der Waals surface area contributed by atoms with Gasteiger partial charge in [0.25, 0.3) is 0 Å². The molecule has 0 spiro atoms. The van der Waals surface area contributed by atoms with E-state index in [0.717, 1.165) is 40.3 Å². The number of anilines is 3.